The molecular formula is C18H21N3O3S. The summed E-state index contributed by atoms with van der Waals surface area (Å²) in [5, 5.41) is 4.61. The Morgan fingerprint density at radius 2 is 2.12 bits per heavy atom. The van der Waals surface area contributed by atoms with Crippen LogP contribution in [0.25, 0.3) is 10.8 Å². The van der Waals surface area contributed by atoms with Crippen LogP contribution in [0.4, 0.5) is 5.69 Å². The molecule has 132 valence electrons. The smallest absolute Gasteiger partial charge is 0.258 e. The number of amides is 1. The number of carbonyl (C=O) groups excluding carboxylic acids is 1. The summed E-state index contributed by atoms with van der Waals surface area (Å²) < 4.78 is 28.3. The number of sulfonamides is 1. The molecule has 2 aliphatic heterocycles. The minimum absolute atomic E-state index is 0.100. The predicted octanol–water partition coefficient (Wildman–Crippen LogP) is 1.71. The summed E-state index contributed by atoms with van der Waals surface area (Å²) >= 11 is 0. The summed E-state index contributed by atoms with van der Waals surface area (Å²) in [5.41, 5.74) is 1.32. The third kappa shape index (κ3) is 2.72. The van der Waals surface area contributed by atoms with Crippen LogP contribution in [0.5, 0.6) is 0 Å². The predicted molar refractivity (Wildman–Crippen MR) is 97.5 cm³/mol. The average molecular weight is 359 g/mol. The van der Waals surface area contributed by atoms with Gasteiger partial charge in [0.05, 0.1) is 10.6 Å². The van der Waals surface area contributed by atoms with Crippen LogP contribution in [0.15, 0.2) is 35.2 Å². The molecule has 0 spiro atoms. The fourth-order valence-corrected chi connectivity index (χ4v) is 5.03. The topological polar surface area (TPSA) is 78.5 Å². The molecule has 2 aromatic carbocycles. The van der Waals surface area contributed by atoms with E-state index in [1.54, 1.807) is 42.3 Å². The largest absolute Gasteiger partial charge is 0.316 e. The maximum atomic E-state index is 12.8. The van der Waals surface area contributed by atoms with Crippen molar-refractivity contribution in [3.05, 3.63) is 35.9 Å². The van der Waals surface area contributed by atoms with Gasteiger partial charge in [0.15, 0.2) is 0 Å². The molecule has 1 amide bonds. The van der Waals surface area contributed by atoms with Gasteiger partial charge in [-0.15, -0.1) is 0 Å². The van der Waals surface area contributed by atoms with Crippen molar-refractivity contribution in [3.63, 3.8) is 0 Å². The van der Waals surface area contributed by atoms with Crippen LogP contribution < -0.4 is 14.9 Å². The summed E-state index contributed by atoms with van der Waals surface area (Å²) in [7, 11) is -1.91. The van der Waals surface area contributed by atoms with Crippen LogP contribution in [0, 0.1) is 5.92 Å². The molecule has 7 heteroatoms. The van der Waals surface area contributed by atoms with E-state index in [1.165, 1.54) is 0 Å². The SMILES string of the molecule is CN1C(=O)c2cccc3c(S(=O)(=O)NCCC4CCNC4)ccc1c23. The number of benzene rings is 2. The van der Waals surface area contributed by atoms with Gasteiger partial charge in [-0.25, -0.2) is 13.1 Å². The fourth-order valence-electron chi connectivity index (χ4n) is 3.78. The van der Waals surface area contributed by atoms with Crippen molar-refractivity contribution in [1.29, 1.82) is 0 Å². The fraction of sp³-hybridized carbons (Fsp3) is 0.389. The van der Waals surface area contributed by atoms with Crippen molar-refractivity contribution in [2.75, 3.05) is 31.6 Å². The van der Waals surface area contributed by atoms with Gasteiger partial charge in [0.25, 0.3) is 5.91 Å². The molecule has 0 aromatic heterocycles. The summed E-state index contributed by atoms with van der Waals surface area (Å²) in [6.07, 6.45) is 1.92. The Morgan fingerprint density at radius 3 is 2.88 bits per heavy atom. The molecule has 2 heterocycles. The van der Waals surface area contributed by atoms with Gasteiger partial charge in [-0.1, -0.05) is 12.1 Å². The molecule has 1 atom stereocenters. The average Bonchev–Trinajstić information content (AvgIpc) is 3.19. The molecule has 6 nitrogen and oxygen atoms in total. The van der Waals surface area contributed by atoms with E-state index >= 15 is 0 Å². The van der Waals surface area contributed by atoms with Crippen LogP contribution in [0.1, 0.15) is 23.2 Å². The van der Waals surface area contributed by atoms with Gasteiger partial charge in [0.1, 0.15) is 0 Å². The summed E-state index contributed by atoms with van der Waals surface area (Å²) in [6, 6.07) is 8.56. The van der Waals surface area contributed by atoms with E-state index in [-0.39, 0.29) is 10.8 Å². The zero-order chi connectivity index (χ0) is 17.6. The molecule has 0 saturated carbocycles. The molecule has 1 fully saturated rings. The zero-order valence-corrected chi connectivity index (χ0v) is 14.9. The number of carbonyl (C=O) groups is 1. The first-order chi connectivity index (χ1) is 12.0. The van der Waals surface area contributed by atoms with Crippen molar-refractivity contribution in [3.8, 4) is 0 Å². The minimum atomic E-state index is -3.62. The van der Waals surface area contributed by atoms with E-state index in [4.69, 9.17) is 0 Å². The van der Waals surface area contributed by atoms with E-state index < -0.39 is 10.0 Å². The van der Waals surface area contributed by atoms with E-state index in [9.17, 15) is 13.2 Å². The van der Waals surface area contributed by atoms with Gasteiger partial charge >= 0.3 is 0 Å². The lowest BCUT2D eigenvalue weighted by Crippen LogP contribution is -2.27. The first-order valence-electron chi connectivity index (χ1n) is 8.53. The van der Waals surface area contributed by atoms with Gasteiger partial charge in [-0.3, -0.25) is 4.79 Å². The van der Waals surface area contributed by atoms with E-state index in [2.05, 4.69) is 10.0 Å². The second kappa shape index (κ2) is 6.09. The van der Waals surface area contributed by atoms with Crippen molar-refractivity contribution in [2.45, 2.75) is 17.7 Å². The molecule has 0 bridgehead atoms. The Labute approximate surface area is 147 Å². The summed E-state index contributed by atoms with van der Waals surface area (Å²) in [5.74, 6) is 0.429. The maximum absolute atomic E-state index is 12.8. The number of rotatable bonds is 5. The number of hydrogen-bond donors (Lipinski definition) is 2. The molecule has 25 heavy (non-hydrogen) atoms. The lowest BCUT2D eigenvalue weighted by atomic mass is 10.1. The van der Waals surface area contributed by atoms with Gasteiger partial charge in [0, 0.05) is 29.9 Å². The van der Waals surface area contributed by atoms with Crippen LogP contribution in [-0.4, -0.2) is 41.0 Å². The molecule has 1 unspecified atom stereocenters. The highest BCUT2D eigenvalue weighted by Gasteiger charge is 2.30. The van der Waals surface area contributed by atoms with Crippen LogP contribution in [0.2, 0.25) is 0 Å². The molecule has 0 aliphatic carbocycles. The second-order valence-electron chi connectivity index (χ2n) is 6.72. The number of nitrogens with zero attached hydrogens (tertiary/aromatic N) is 1. The monoisotopic (exact) mass is 359 g/mol. The minimum Gasteiger partial charge on any atom is -0.316 e. The standard InChI is InChI=1S/C18H21N3O3S/c1-21-15-5-6-16(13-3-2-4-14(17(13)15)18(21)22)25(23,24)20-10-8-12-7-9-19-11-12/h2-6,12,19-20H,7-11H2,1H3. The molecular weight excluding hydrogens is 338 g/mol. The quantitative estimate of drug-likeness (QED) is 0.852. The Morgan fingerprint density at radius 1 is 1.28 bits per heavy atom. The molecule has 2 aliphatic rings. The number of hydrogen-bond acceptors (Lipinski definition) is 4. The van der Waals surface area contributed by atoms with Crippen molar-refractivity contribution < 1.29 is 13.2 Å². The molecule has 2 aromatic rings. The van der Waals surface area contributed by atoms with Gasteiger partial charge in [-0.2, -0.15) is 0 Å². The highest BCUT2D eigenvalue weighted by molar-refractivity contribution is 7.89. The van der Waals surface area contributed by atoms with Gasteiger partial charge in [0.2, 0.25) is 10.0 Å². The van der Waals surface area contributed by atoms with E-state index in [0.29, 0.717) is 23.4 Å². The first kappa shape index (κ1) is 16.5. The summed E-state index contributed by atoms with van der Waals surface area (Å²) in [6.45, 7) is 2.39. The number of nitrogens with one attached hydrogen (secondary N) is 2. The van der Waals surface area contributed by atoms with Crippen molar-refractivity contribution in [1.82, 2.24) is 10.0 Å². The van der Waals surface area contributed by atoms with Crippen LogP contribution in [-0.2, 0) is 10.0 Å². The third-order valence-electron chi connectivity index (χ3n) is 5.17. The summed E-state index contributed by atoms with van der Waals surface area (Å²) in [4.78, 5) is 14.1. The molecule has 2 N–H and O–H groups in total. The Bertz CT molecular complexity index is 949. The molecule has 1 saturated heterocycles. The highest BCUT2D eigenvalue weighted by Crippen LogP contribution is 2.39. The lowest BCUT2D eigenvalue weighted by molar-refractivity contribution is 0.0999. The molecule has 4 rings (SSSR count). The van der Waals surface area contributed by atoms with Crippen LogP contribution >= 0.6 is 0 Å². The molecule has 0 radical (unpaired) electrons. The lowest BCUT2D eigenvalue weighted by Gasteiger charge is -2.13. The first-order valence-corrected chi connectivity index (χ1v) is 10.0. The maximum Gasteiger partial charge on any atom is 0.258 e. The number of anilines is 1. The Kier molecular flexibility index (Phi) is 4.02. The van der Waals surface area contributed by atoms with Crippen LogP contribution in [0.3, 0.4) is 0 Å². The Balaban J connectivity index is 1.66. The van der Waals surface area contributed by atoms with Crippen molar-refractivity contribution in [2.24, 2.45) is 5.92 Å². The van der Waals surface area contributed by atoms with E-state index in [1.807, 2.05) is 0 Å². The Hall–Kier alpha value is -1.96. The van der Waals surface area contributed by atoms with Gasteiger partial charge < -0.3 is 10.2 Å². The highest BCUT2D eigenvalue weighted by atomic mass is 32.2. The van der Waals surface area contributed by atoms with E-state index in [0.717, 1.165) is 37.0 Å². The third-order valence-corrected chi connectivity index (χ3v) is 6.69. The van der Waals surface area contributed by atoms with Gasteiger partial charge in [-0.05, 0) is 50.0 Å². The zero-order valence-electron chi connectivity index (χ0n) is 14.1. The van der Waals surface area contributed by atoms with Crippen molar-refractivity contribution >= 4 is 32.4 Å². The normalized spacial score (nSPS) is 20.0. The second-order valence-corrected chi connectivity index (χ2v) is 8.46.